The van der Waals surface area contributed by atoms with E-state index in [1.54, 1.807) is 32.9 Å². The number of piperidine rings is 1. The van der Waals surface area contributed by atoms with Gasteiger partial charge in [-0.25, -0.2) is 9.18 Å². The average molecular weight is 408 g/mol. The van der Waals surface area contributed by atoms with Crippen molar-refractivity contribution in [2.24, 2.45) is 0 Å². The Bertz CT molecular complexity index is 748. The highest BCUT2D eigenvalue weighted by atomic mass is 19.1. The molecule has 0 aromatic heterocycles. The Hall–Kier alpha value is -2.19. The van der Waals surface area contributed by atoms with Crippen LogP contribution in [0.4, 0.5) is 9.18 Å². The van der Waals surface area contributed by atoms with Crippen molar-refractivity contribution in [1.29, 1.82) is 0 Å². The number of likely N-dealkylation sites (tertiary alicyclic amines) is 2. The van der Waals surface area contributed by atoms with Gasteiger partial charge in [-0.05, 0) is 57.7 Å². The lowest BCUT2D eigenvalue weighted by atomic mass is 9.97. The number of carbonyl (C=O) groups excluding carboxylic acids is 2. The lowest BCUT2D eigenvalue weighted by Crippen LogP contribution is -2.57. The third-order valence-electron chi connectivity index (χ3n) is 5.35. The summed E-state index contributed by atoms with van der Waals surface area (Å²) in [6, 6.07) is 4.49. The Kier molecular flexibility index (Phi) is 6.14. The first-order valence-electron chi connectivity index (χ1n) is 10.00. The highest BCUT2D eigenvalue weighted by molar-refractivity contribution is 5.87. The molecule has 2 fully saturated rings. The van der Waals surface area contributed by atoms with Gasteiger partial charge in [-0.3, -0.25) is 9.69 Å². The maximum Gasteiger partial charge on any atom is 0.410 e. The van der Waals surface area contributed by atoms with Crippen molar-refractivity contribution in [2.75, 3.05) is 6.54 Å². The summed E-state index contributed by atoms with van der Waals surface area (Å²) < 4.78 is 18.7. The molecule has 3 unspecified atom stereocenters. The first-order valence-corrected chi connectivity index (χ1v) is 10.00. The number of aliphatic hydroxyl groups excluding tert-OH is 2. The summed E-state index contributed by atoms with van der Waals surface area (Å²) in [7, 11) is 0. The molecule has 1 aromatic carbocycles. The van der Waals surface area contributed by atoms with Crippen LogP contribution in [0.15, 0.2) is 24.3 Å². The lowest BCUT2D eigenvalue weighted by Gasteiger charge is -2.41. The van der Waals surface area contributed by atoms with Gasteiger partial charge in [0.1, 0.15) is 23.7 Å². The van der Waals surface area contributed by atoms with E-state index in [2.05, 4.69) is 0 Å². The minimum Gasteiger partial charge on any atom is -0.444 e. The molecule has 1 aromatic rings. The van der Waals surface area contributed by atoms with E-state index < -0.39 is 42.0 Å². The zero-order valence-corrected chi connectivity index (χ0v) is 17.0. The van der Waals surface area contributed by atoms with Crippen LogP contribution in [0.25, 0.3) is 0 Å². The van der Waals surface area contributed by atoms with E-state index in [1.165, 1.54) is 21.9 Å². The number of amides is 2. The number of nitrogens with zero attached hydrogens (tertiary/aromatic N) is 2. The molecule has 4 atom stereocenters. The Morgan fingerprint density at radius 2 is 1.76 bits per heavy atom. The summed E-state index contributed by atoms with van der Waals surface area (Å²) in [5.74, 6) is -0.814. The molecule has 0 spiro atoms. The first-order chi connectivity index (χ1) is 13.6. The second-order valence-corrected chi connectivity index (χ2v) is 8.74. The largest absolute Gasteiger partial charge is 0.444 e. The Balaban J connectivity index is 1.85. The van der Waals surface area contributed by atoms with Gasteiger partial charge in [0.2, 0.25) is 5.91 Å². The molecule has 0 radical (unpaired) electrons. The summed E-state index contributed by atoms with van der Waals surface area (Å²) in [6.45, 7) is 5.43. The van der Waals surface area contributed by atoms with E-state index in [-0.39, 0.29) is 18.8 Å². The van der Waals surface area contributed by atoms with Crippen LogP contribution < -0.4 is 0 Å². The molecule has 160 valence electrons. The number of benzene rings is 1. The first kappa shape index (κ1) is 21.5. The van der Waals surface area contributed by atoms with Crippen LogP contribution >= 0.6 is 0 Å². The van der Waals surface area contributed by atoms with Gasteiger partial charge in [0.15, 0.2) is 0 Å². The smallest absolute Gasteiger partial charge is 0.410 e. The van der Waals surface area contributed by atoms with Gasteiger partial charge in [0, 0.05) is 13.0 Å². The van der Waals surface area contributed by atoms with E-state index in [4.69, 9.17) is 4.74 Å². The standard InChI is InChI=1S/C21H29FN2O5/c1-21(2,3)29-20(28)23-11-10-15(25)12-17(23)19(27)24-16(8-9-18(24)26)13-4-6-14(22)7-5-13/h4-7,15-18,25-26H,8-12H2,1-3H3/t15?,16-,17?,18?/m0/s1. The molecule has 3 rings (SSSR count). The summed E-state index contributed by atoms with van der Waals surface area (Å²) in [6.07, 6.45) is -0.987. The van der Waals surface area contributed by atoms with Crippen molar-refractivity contribution in [3.63, 3.8) is 0 Å². The highest BCUT2D eigenvalue weighted by Gasteiger charge is 2.45. The normalized spacial score (nSPS) is 27.8. The third-order valence-corrected chi connectivity index (χ3v) is 5.35. The van der Waals surface area contributed by atoms with Crippen molar-refractivity contribution >= 4 is 12.0 Å². The van der Waals surface area contributed by atoms with Crippen LogP contribution in [0.5, 0.6) is 0 Å². The van der Waals surface area contributed by atoms with E-state index in [1.807, 2.05) is 0 Å². The number of carbonyl (C=O) groups is 2. The monoisotopic (exact) mass is 408 g/mol. The van der Waals surface area contributed by atoms with Crippen molar-refractivity contribution in [1.82, 2.24) is 9.80 Å². The minimum atomic E-state index is -1.00. The molecule has 0 bridgehead atoms. The van der Waals surface area contributed by atoms with Gasteiger partial charge < -0.3 is 19.8 Å². The number of ether oxygens (including phenoxy) is 1. The number of hydrogen-bond donors (Lipinski definition) is 2. The van der Waals surface area contributed by atoms with Gasteiger partial charge >= 0.3 is 6.09 Å². The van der Waals surface area contributed by atoms with Crippen LogP contribution in [0.1, 0.15) is 58.1 Å². The van der Waals surface area contributed by atoms with Crippen LogP contribution in [0, 0.1) is 5.82 Å². The molecular formula is C21H29FN2O5. The molecule has 2 heterocycles. The molecule has 2 amide bonds. The molecule has 2 saturated heterocycles. The van der Waals surface area contributed by atoms with Crippen LogP contribution in [-0.2, 0) is 9.53 Å². The van der Waals surface area contributed by atoms with Crippen molar-refractivity contribution in [3.05, 3.63) is 35.6 Å². The predicted molar refractivity (Wildman–Crippen MR) is 103 cm³/mol. The maximum absolute atomic E-state index is 13.4. The fourth-order valence-corrected chi connectivity index (χ4v) is 4.00. The Morgan fingerprint density at radius 3 is 2.38 bits per heavy atom. The summed E-state index contributed by atoms with van der Waals surface area (Å²) in [4.78, 5) is 28.8. The van der Waals surface area contributed by atoms with Crippen LogP contribution in [0.2, 0.25) is 0 Å². The molecule has 2 N–H and O–H groups in total. The molecule has 2 aliphatic rings. The lowest BCUT2D eigenvalue weighted by molar-refractivity contribution is -0.150. The Labute approximate surface area is 170 Å². The van der Waals surface area contributed by atoms with Gasteiger partial charge in [-0.15, -0.1) is 0 Å². The Morgan fingerprint density at radius 1 is 1.10 bits per heavy atom. The molecular weight excluding hydrogens is 379 g/mol. The SMILES string of the molecule is CC(C)(C)OC(=O)N1CCC(O)CC1C(=O)N1C(O)CC[C@H]1c1ccc(F)cc1. The van der Waals surface area contributed by atoms with Crippen molar-refractivity contribution in [3.8, 4) is 0 Å². The summed E-state index contributed by atoms with van der Waals surface area (Å²) in [5.41, 5.74) is 0.00125. The zero-order chi connectivity index (χ0) is 21.3. The zero-order valence-electron chi connectivity index (χ0n) is 17.0. The van der Waals surface area contributed by atoms with E-state index >= 15 is 0 Å². The third kappa shape index (κ3) is 4.87. The number of aliphatic hydroxyl groups is 2. The molecule has 0 aliphatic carbocycles. The average Bonchev–Trinajstić information content (AvgIpc) is 3.01. The molecule has 0 saturated carbocycles. The molecule has 8 heteroatoms. The fraction of sp³-hybridized carbons (Fsp3) is 0.619. The molecule has 2 aliphatic heterocycles. The number of halogens is 1. The number of hydrogen-bond acceptors (Lipinski definition) is 5. The molecule has 29 heavy (non-hydrogen) atoms. The van der Waals surface area contributed by atoms with Crippen molar-refractivity contribution in [2.45, 2.75) is 76.5 Å². The van der Waals surface area contributed by atoms with Gasteiger partial charge in [0.05, 0.1) is 12.1 Å². The topological polar surface area (TPSA) is 90.3 Å². The maximum atomic E-state index is 13.4. The molecule has 7 nitrogen and oxygen atoms in total. The second-order valence-electron chi connectivity index (χ2n) is 8.74. The summed E-state index contributed by atoms with van der Waals surface area (Å²) >= 11 is 0. The highest BCUT2D eigenvalue weighted by Crippen LogP contribution is 2.37. The minimum absolute atomic E-state index is 0.0808. The van der Waals surface area contributed by atoms with Crippen molar-refractivity contribution < 1.29 is 28.9 Å². The number of rotatable bonds is 2. The van der Waals surface area contributed by atoms with Gasteiger partial charge in [-0.2, -0.15) is 0 Å². The van der Waals surface area contributed by atoms with Crippen LogP contribution in [0.3, 0.4) is 0 Å². The van der Waals surface area contributed by atoms with E-state index in [9.17, 15) is 24.2 Å². The van der Waals surface area contributed by atoms with Crippen LogP contribution in [-0.4, -0.2) is 62.5 Å². The predicted octanol–water partition coefficient (Wildman–Crippen LogP) is 2.57. The second kappa shape index (κ2) is 8.28. The van der Waals surface area contributed by atoms with Gasteiger partial charge in [0.25, 0.3) is 0 Å². The van der Waals surface area contributed by atoms with E-state index in [0.717, 1.165) is 5.56 Å². The van der Waals surface area contributed by atoms with Gasteiger partial charge in [-0.1, -0.05) is 12.1 Å². The van der Waals surface area contributed by atoms with E-state index in [0.29, 0.717) is 19.3 Å². The summed E-state index contributed by atoms with van der Waals surface area (Å²) in [5, 5.41) is 20.6. The fourth-order valence-electron chi connectivity index (χ4n) is 4.00. The quantitative estimate of drug-likeness (QED) is 0.785.